The van der Waals surface area contributed by atoms with Crippen LogP contribution in [0.2, 0.25) is 0 Å². The highest BCUT2D eigenvalue weighted by Gasteiger charge is 2.02. The van der Waals surface area contributed by atoms with Gasteiger partial charge in [0.25, 0.3) is 0 Å². The number of benzene rings is 1. The molecule has 1 heterocycles. The molecular weight excluding hydrogens is 451 g/mol. The van der Waals surface area contributed by atoms with Crippen molar-refractivity contribution in [2.45, 2.75) is 39.9 Å². The van der Waals surface area contributed by atoms with Gasteiger partial charge in [-0.15, -0.1) is 24.0 Å². The van der Waals surface area contributed by atoms with Crippen LogP contribution in [0.1, 0.15) is 31.4 Å². The zero-order chi connectivity index (χ0) is 18.6. The summed E-state index contributed by atoms with van der Waals surface area (Å²) in [4.78, 5) is 6.70. The third kappa shape index (κ3) is 8.75. The van der Waals surface area contributed by atoms with E-state index in [1.54, 1.807) is 13.2 Å². The first-order valence-electron chi connectivity index (χ1n) is 9.47. The van der Waals surface area contributed by atoms with Crippen LogP contribution in [-0.2, 0) is 19.6 Å². The van der Waals surface area contributed by atoms with Crippen LogP contribution in [0.3, 0.4) is 0 Å². The minimum Gasteiger partial charge on any atom is -0.356 e. The Hall–Kier alpha value is -1.61. The molecule has 6 nitrogen and oxygen atoms in total. The summed E-state index contributed by atoms with van der Waals surface area (Å²) in [5.74, 6) is 0.831. The Morgan fingerprint density at radius 2 is 1.81 bits per heavy atom. The van der Waals surface area contributed by atoms with Gasteiger partial charge in [-0.3, -0.25) is 14.6 Å². The number of rotatable bonds is 10. The Labute approximate surface area is 180 Å². The van der Waals surface area contributed by atoms with Crippen molar-refractivity contribution in [3.05, 3.63) is 53.9 Å². The van der Waals surface area contributed by atoms with Gasteiger partial charge in [0.1, 0.15) is 0 Å². The molecule has 0 aliphatic rings. The van der Waals surface area contributed by atoms with E-state index >= 15 is 0 Å². The van der Waals surface area contributed by atoms with Crippen LogP contribution in [0.25, 0.3) is 0 Å². The summed E-state index contributed by atoms with van der Waals surface area (Å²) >= 11 is 0. The monoisotopic (exact) mass is 484 g/mol. The third-order valence-corrected chi connectivity index (χ3v) is 4.42. The molecule has 0 amide bonds. The Kier molecular flexibility index (Phi) is 11.8. The van der Waals surface area contributed by atoms with Gasteiger partial charge in [0.05, 0.1) is 0 Å². The summed E-state index contributed by atoms with van der Waals surface area (Å²) in [6.07, 6.45) is 4.79. The molecule has 0 atom stereocenters. The summed E-state index contributed by atoms with van der Waals surface area (Å²) in [5, 5.41) is 10.9. The van der Waals surface area contributed by atoms with Crippen LogP contribution in [0.4, 0.5) is 0 Å². The third-order valence-electron chi connectivity index (χ3n) is 4.42. The minimum atomic E-state index is 0. The number of guanidine groups is 1. The Morgan fingerprint density at radius 3 is 2.41 bits per heavy atom. The highest BCUT2D eigenvalue weighted by atomic mass is 127. The van der Waals surface area contributed by atoms with Crippen molar-refractivity contribution < 1.29 is 0 Å². The van der Waals surface area contributed by atoms with Crippen molar-refractivity contribution in [1.29, 1.82) is 0 Å². The second-order valence-corrected chi connectivity index (χ2v) is 6.25. The molecule has 0 saturated heterocycles. The molecule has 27 heavy (non-hydrogen) atoms. The van der Waals surface area contributed by atoms with Crippen LogP contribution in [0.15, 0.2) is 47.7 Å². The van der Waals surface area contributed by atoms with E-state index in [1.807, 2.05) is 16.9 Å². The van der Waals surface area contributed by atoms with Crippen molar-refractivity contribution in [2.75, 3.05) is 26.7 Å². The smallest absolute Gasteiger partial charge is 0.191 e. The van der Waals surface area contributed by atoms with Gasteiger partial charge >= 0.3 is 0 Å². The van der Waals surface area contributed by atoms with Gasteiger partial charge in [-0.25, -0.2) is 0 Å². The van der Waals surface area contributed by atoms with Crippen molar-refractivity contribution in [3.8, 4) is 0 Å². The van der Waals surface area contributed by atoms with E-state index in [0.717, 1.165) is 51.6 Å². The van der Waals surface area contributed by atoms with Crippen LogP contribution >= 0.6 is 24.0 Å². The molecule has 0 aliphatic carbocycles. The van der Waals surface area contributed by atoms with Crippen LogP contribution < -0.4 is 10.6 Å². The lowest BCUT2D eigenvalue weighted by Crippen LogP contribution is -2.37. The average Bonchev–Trinajstić information content (AvgIpc) is 3.20. The molecule has 0 aliphatic heterocycles. The Balaban J connectivity index is 0.00000364. The second-order valence-electron chi connectivity index (χ2n) is 6.25. The number of nitrogens with one attached hydrogen (secondary N) is 2. The number of halogens is 1. The summed E-state index contributed by atoms with van der Waals surface area (Å²) in [6, 6.07) is 10.8. The highest BCUT2D eigenvalue weighted by Crippen LogP contribution is 2.07. The summed E-state index contributed by atoms with van der Waals surface area (Å²) < 4.78 is 1.94. The molecule has 0 unspecified atom stereocenters. The van der Waals surface area contributed by atoms with Crippen LogP contribution in [-0.4, -0.2) is 47.3 Å². The number of hydrogen-bond donors (Lipinski definition) is 2. The van der Waals surface area contributed by atoms with Gasteiger partial charge < -0.3 is 10.6 Å². The van der Waals surface area contributed by atoms with Gasteiger partial charge in [-0.1, -0.05) is 38.1 Å². The zero-order valence-corrected chi connectivity index (χ0v) is 19.0. The Morgan fingerprint density at radius 1 is 1.11 bits per heavy atom. The van der Waals surface area contributed by atoms with E-state index < -0.39 is 0 Å². The molecule has 0 bridgehead atoms. The molecule has 150 valence electrons. The number of nitrogens with zero attached hydrogens (tertiary/aromatic N) is 4. The fourth-order valence-electron chi connectivity index (χ4n) is 2.75. The van der Waals surface area contributed by atoms with Crippen molar-refractivity contribution in [3.63, 3.8) is 0 Å². The quantitative estimate of drug-likeness (QED) is 0.236. The second kappa shape index (κ2) is 13.5. The SMILES string of the molecule is CCN(CC)Cc1ccc(CNC(=NC)NCCCn2cccn2)cc1.I. The number of aryl methyl sites for hydroxylation is 1. The normalized spacial score (nSPS) is 11.3. The lowest BCUT2D eigenvalue weighted by molar-refractivity contribution is 0.296. The van der Waals surface area contributed by atoms with Gasteiger partial charge in [0, 0.05) is 45.6 Å². The number of hydrogen-bond acceptors (Lipinski definition) is 3. The molecule has 7 heteroatoms. The molecule has 1 aromatic carbocycles. The van der Waals surface area contributed by atoms with Gasteiger partial charge in [-0.2, -0.15) is 5.10 Å². The van der Waals surface area contributed by atoms with E-state index in [-0.39, 0.29) is 24.0 Å². The van der Waals surface area contributed by atoms with Gasteiger partial charge in [-0.05, 0) is 36.7 Å². The molecule has 0 fully saturated rings. The van der Waals surface area contributed by atoms with E-state index in [9.17, 15) is 0 Å². The molecule has 2 aromatic rings. The first-order valence-corrected chi connectivity index (χ1v) is 9.47. The lowest BCUT2D eigenvalue weighted by Gasteiger charge is -2.18. The van der Waals surface area contributed by atoms with Gasteiger partial charge in [0.2, 0.25) is 0 Å². The standard InChI is InChI=1S/C20H32N6.HI/c1-4-25(5-2)17-19-10-8-18(9-11-19)16-23-20(21-3)22-12-6-14-26-15-7-13-24-26;/h7-11,13,15H,4-6,12,14,16-17H2,1-3H3,(H2,21,22,23);1H. The maximum absolute atomic E-state index is 4.28. The van der Waals surface area contributed by atoms with Crippen LogP contribution in [0, 0.1) is 0 Å². The summed E-state index contributed by atoms with van der Waals surface area (Å²) in [6.45, 7) is 10.1. The lowest BCUT2D eigenvalue weighted by atomic mass is 10.1. The maximum Gasteiger partial charge on any atom is 0.191 e. The predicted molar refractivity (Wildman–Crippen MR) is 124 cm³/mol. The molecule has 0 saturated carbocycles. The molecule has 0 radical (unpaired) electrons. The fraction of sp³-hybridized carbons (Fsp3) is 0.500. The molecular formula is C20H33IN6. The summed E-state index contributed by atoms with van der Waals surface area (Å²) in [5.41, 5.74) is 2.62. The highest BCUT2D eigenvalue weighted by molar-refractivity contribution is 14.0. The van der Waals surface area contributed by atoms with E-state index in [1.165, 1.54) is 11.1 Å². The van der Waals surface area contributed by atoms with E-state index in [0.29, 0.717) is 0 Å². The number of aromatic nitrogens is 2. The van der Waals surface area contributed by atoms with Crippen molar-refractivity contribution in [2.24, 2.45) is 4.99 Å². The molecule has 1 aromatic heterocycles. The van der Waals surface area contributed by atoms with E-state index in [2.05, 4.69) is 63.7 Å². The largest absolute Gasteiger partial charge is 0.356 e. The predicted octanol–water partition coefficient (Wildman–Crippen LogP) is 3.10. The molecule has 2 rings (SSSR count). The van der Waals surface area contributed by atoms with Crippen molar-refractivity contribution >= 4 is 29.9 Å². The molecule has 2 N–H and O–H groups in total. The average molecular weight is 484 g/mol. The number of aliphatic imine (C=N–C) groups is 1. The molecule has 0 spiro atoms. The first kappa shape index (κ1) is 23.4. The maximum atomic E-state index is 4.28. The Bertz CT molecular complexity index is 635. The fourth-order valence-corrected chi connectivity index (χ4v) is 2.75. The van der Waals surface area contributed by atoms with Crippen molar-refractivity contribution in [1.82, 2.24) is 25.3 Å². The zero-order valence-electron chi connectivity index (χ0n) is 16.7. The van der Waals surface area contributed by atoms with E-state index in [4.69, 9.17) is 0 Å². The van der Waals surface area contributed by atoms with Gasteiger partial charge in [0.15, 0.2) is 5.96 Å². The van der Waals surface area contributed by atoms with Crippen LogP contribution in [0.5, 0.6) is 0 Å². The summed E-state index contributed by atoms with van der Waals surface area (Å²) in [7, 11) is 1.80. The topological polar surface area (TPSA) is 57.5 Å². The minimum absolute atomic E-state index is 0. The first-order chi connectivity index (χ1) is 12.7.